The highest BCUT2D eigenvalue weighted by Gasteiger charge is 2.24. The first-order valence-electron chi connectivity index (χ1n) is 9.44. The molecule has 3 aromatic heterocycles. The Kier molecular flexibility index (Phi) is 4.58. The zero-order chi connectivity index (χ0) is 20.7. The van der Waals surface area contributed by atoms with Gasteiger partial charge in [-0.2, -0.15) is 20.1 Å². The number of aryl methyl sites for hydroxylation is 1. The van der Waals surface area contributed by atoms with E-state index in [-0.39, 0.29) is 5.95 Å². The van der Waals surface area contributed by atoms with Gasteiger partial charge in [0.25, 0.3) is 6.43 Å². The number of morpholine rings is 1. The predicted molar refractivity (Wildman–Crippen MR) is 105 cm³/mol. The van der Waals surface area contributed by atoms with Crippen molar-refractivity contribution >= 4 is 17.0 Å². The predicted octanol–water partition coefficient (Wildman–Crippen LogP) is 2.39. The molecule has 0 atom stereocenters. The lowest BCUT2D eigenvalue weighted by atomic mass is 10.3. The second-order valence-electron chi connectivity index (χ2n) is 6.86. The molecule has 0 unspecified atom stereocenters. The van der Waals surface area contributed by atoms with E-state index in [2.05, 4.69) is 25.0 Å². The van der Waals surface area contributed by atoms with Crippen LogP contribution in [0, 0.1) is 0 Å². The lowest BCUT2D eigenvalue weighted by Gasteiger charge is -2.27. The van der Waals surface area contributed by atoms with Crippen molar-refractivity contribution in [2.45, 2.75) is 6.43 Å². The van der Waals surface area contributed by atoms with E-state index in [0.717, 1.165) is 0 Å². The SMILES string of the molecule is Cn1cc(-c2nc(N3CCOCC3)nc(-n3c(C(F)F)nc4ccccc43)n2)cn1. The number of para-hydroxylation sites is 2. The maximum atomic E-state index is 13.8. The monoisotopic (exact) mass is 412 g/mol. The van der Waals surface area contributed by atoms with Crippen LogP contribution < -0.4 is 4.90 Å². The quantitative estimate of drug-likeness (QED) is 0.509. The first-order valence-corrected chi connectivity index (χ1v) is 9.44. The molecule has 1 saturated heterocycles. The van der Waals surface area contributed by atoms with E-state index in [4.69, 9.17) is 4.74 Å². The van der Waals surface area contributed by atoms with Crippen molar-refractivity contribution < 1.29 is 13.5 Å². The number of anilines is 1. The fourth-order valence-corrected chi connectivity index (χ4v) is 3.43. The largest absolute Gasteiger partial charge is 0.378 e. The molecule has 30 heavy (non-hydrogen) atoms. The molecule has 0 amide bonds. The first-order chi connectivity index (χ1) is 14.6. The fourth-order valence-electron chi connectivity index (χ4n) is 3.43. The third-order valence-electron chi connectivity index (χ3n) is 4.85. The Morgan fingerprint density at radius 3 is 2.50 bits per heavy atom. The molecule has 0 saturated carbocycles. The number of halogens is 2. The Balaban J connectivity index is 1.73. The first kappa shape index (κ1) is 18.6. The third kappa shape index (κ3) is 3.26. The molecule has 0 N–H and O–H groups in total. The van der Waals surface area contributed by atoms with Crippen molar-refractivity contribution in [3.05, 3.63) is 42.5 Å². The summed E-state index contributed by atoms with van der Waals surface area (Å²) in [6.45, 7) is 2.28. The number of benzene rings is 1. The van der Waals surface area contributed by atoms with Gasteiger partial charge in [-0.15, -0.1) is 0 Å². The summed E-state index contributed by atoms with van der Waals surface area (Å²) in [6.07, 6.45) is 0.604. The molecular formula is C19H18F2N8O. The Labute approximate surface area is 170 Å². The summed E-state index contributed by atoms with van der Waals surface area (Å²) in [4.78, 5) is 19.7. The van der Waals surface area contributed by atoms with Gasteiger partial charge in [0.05, 0.1) is 36.0 Å². The normalized spacial score (nSPS) is 14.7. The van der Waals surface area contributed by atoms with E-state index in [1.54, 1.807) is 48.4 Å². The Hall–Kier alpha value is -3.47. The van der Waals surface area contributed by atoms with Crippen LogP contribution in [0.25, 0.3) is 28.4 Å². The summed E-state index contributed by atoms with van der Waals surface area (Å²) in [5.74, 6) is 0.439. The van der Waals surface area contributed by atoms with Crippen LogP contribution in [-0.4, -0.2) is 60.6 Å². The van der Waals surface area contributed by atoms with E-state index < -0.39 is 12.2 Å². The number of aromatic nitrogens is 7. The van der Waals surface area contributed by atoms with Crippen molar-refractivity contribution in [2.75, 3.05) is 31.2 Å². The van der Waals surface area contributed by atoms with E-state index in [1.165, 1.54) is 4.57 Å². The van der Waals surface area contributed by atoms with Crippen LogP contribution in [0.1, 0.15) is 12.2 Å². The molecule has 0 bridgehead atoms. The highest BCUT2D eigenvalue weighted by atomic mass is 19.3. The summed E-state index contributed by atoms with van der Waals surface area (Å²) < 4.78 is 36.0. The fraction of sp³-hybridized carbons (Fsp3) is 0.316. The molecule has 9 nitrogen and oxygen atoms in total. The highest BCUT2D eigenvalue weighted by molar-refractivity contribution is 5.77. The highest BCUT2D eigenvalue weighted by Crippen LogP contribution is 2.28. The van der Waals surface area contributed by atoms with Gasteiger partial charge >= 0.3 is 0 Å². The van der Waals surface area contributed by atoms with Gasteiger partial charge in [-0.1, -0.05) is 12.1 Å². The second kappa shape index (κ2) is 7.41. The van der Waals surface area contributed by atoms with Crippen LogP contribution in [0.3, 0.4) is 0 Å². The standard InChI is InChI=1S/C19H18F2N8O/c1-27-11-12(10-22-27)16-24-18(28-6-8-30-9-7-28)26-19(25-16)29-14-5-3-2-4-13(14)23-17(29)15(20)21/h2-5,10-11,15H,6-9H2,1H3. The van der Waals surface area contributed by atoms with Gasteiger partial charge in [-0.3, -0.25) is 9.25 Å². The number of ether oxygens (including phenoxy) is 1. The zero-order valence-corrected chi connectivity index (χ0v) is 16.1. The molecule has 4 aromatic rings. The minimum Gasteiger partial charge on any atom is -0.378 e. The molecule has 154 valence electrons. The van der Waals surface area contributed by atoms with Crippen molar-refractivity contribution in [1.82, 2.24) is 34.3 Å². The number of imidazole rings is 1. The summed E-state index contributed by atoms with van der Waals surface area (Å²) in [5, 5.41) is 4.17. The molecule has 1 fully saturated rings. The van der Waals surface area contributed by atoms with Gasteiger partial charge in [0.2, 0.25) is 11.9 Å². The van der Waals surface area contributed by atoms with Gasteiger partial charge in [-0.25, -0.2) is 13.8 Å². The molecule has 0 aliphatic carbocycles. The van der Waals surface area contributed by atoms with Crippen molar-refractivity contribution in [3.63, 3.8) is 0 Å². The summed E-state index contributed by atoms with van der Waals surface area (Å²) >= 11 is 0. The Bertz CT molecular complexity index is 1200. The molecule has 0 radical (unpaired) electrons. The lowest BCUT2D eigenvalue weighted by molar-refractivity contribution is 0.122. The van der Waals surface area contributed by atoms with Crippen LogP contribution in [0.2, 0.25) is 0 Å². The number of hydrogen-bond donors (Lipinski definition) is 0. The minimum absolute atomic E-state index is 0.0920. The van der Waals surface area contributed by atoms with Crippen LogP contribution in [0.4, 0.5) is 14.7 Å². The van der Waals surface area contributed by atoms with Crippen LogP contribution in [0.5, 0.6) is 0 Å². The van der Waals surface area contributed by atoms with Gasteiger partial charge in [0.15, 0.2) is 11.6 Å². The van der Waals surface area contributed by atoms with E-state index >= 15 is 0 Å². The zero-order valence-electron chi connectivity index (χ0n) is 16.1. The van der Waals surface area contributed by atoms with E-state index in [1.807, 2.05) is 4.90 Å². The van der Waals surface area contributed by atoms with Crippen LogP contribution in [-0.2, 0) is 11.8 Å². The van der Waals surface area contributed by atoms with Gasteiger partial charge in [0, 0.05) is 26.3 Å². The van der Waals surface area contributed by atoms with Crippen LogP contribution >= 0.6 is 0 Å². The smallest absolute Gasteiger partial charge is 0.296 e. The molecule has 1 aliphatic rings. The average molecular weight is 412 g/mol. The number of hydrogen-bond acceptors (Lipinski definition) is 7. The summed E-state index contributed by atoms with van der Waals surface area (Å²) in [6, 6.07) is 6.92. The topological polar surface area (TPSA) is 86.8 Å². The maximum absolute atomic E-state index is 13.8. The molecule has 5 rings (SSSR count). The number of alkyl halides is 2. The Morgan fingerprint density at radius 2 is 1.77 bits per heavy atom. The number of rotatable bonds is 4. The molecular weight excluding hydrogens is 394 g/mol. The minimum atomic E-state index is -2.79. The Morgan fingerprint density at radius 1 is 1.00 bits per heavy atom. The molecule has 1 aromatic carbocycles. The van der Waals surface area contributed by atoms with E-state index in [0.29, 0.717) is 54.7 Å². The van der Waals surface area contributed by atoms with Gasteiger partial charge < -0.3 is 9.64 Å². The molecule has 11 heteroatoms. The van der Waals surface area contributed by atoms with Crippen molar-refractivity contribution in [3.8, 4) is 17.3 Å². The summed E-state index contributed by atoms with van der Waals surface area (Å²) in [5.41, 5.74) is 1.62. The third-order valence-corrected chi connectivity index (χ3v) is 4.85. The maximum Gasteiger partial charge on any atom is 0.296 e. The lowest BCUT2D eigenvalue weighted by Crippen LogP contribution is -2.37. The van der Waals surface area contributed by atoms with Gasteiger partial charge in [-0.05, 0) is 12.1 Å². The van der Waals surface area contributed by atoms with Crippen LogP contribution in [0.15, 0.2) is 36.7 Å². The summed E-state index contributed by atoms with van der Waals surface area (Å²) in [7, 11) is 1.78. The number of nitrogens with zero attached hydrogens (tertiary/aromatic N) is 8. The number of fused-ring (bicyclic) bond motifs is 1. The molecule has 4 heterocycles. The van der Waals surface area contributed by atoms with Crippen molar-refractivity contribution in [1.29, 1.82) is 0 Å². The average Bonchev–Trinajstić information content (AvgIpc) is 3.38. The second-order valence-corrected chi connectivity index (χ2v) is 6.86. The van der Waals surface area contributed by atoms with E-state index in [9.17, 15) is 8.78 Å². The van der Waals surface area contributed by atoms with Crippen molar-refractivity contribution in [2.24, 2.45) is 7.05 Å². The molecule has 1 aliphatic heterocycles. The molecule has 0 spiro atoms. The van der Waals surface area contributed by atoms with Gasteiger partial charge in [0.1, 0.15) is 0 Å².